The van der Waals surface area contributed by atoms with Crippen LogP contribution in [-0.4, -0.2) is 37.1 Å². The SMILES string of the molecule is CCNC(CCC(C)C)CCN(CC)CC. The van der Waals surface area contributed by atoms with Gasteiger partial charge in [-0.2, -0.15) is 0 Å². The second-order valence-corrected chi connectivity index (χ2v) is 5.04. The molecule has 0 heterocycles. The maximum atomic E-state index is 3.61. The highest BCUT2D eigenvalue weighted by Crippen LogP contribution is 2.10. The van der Waals surface area contributed by atoms with Crippen LogP contribution in [-0.2, 0) is 0 Å². The van der Waals surface area contributed by atoms with Crippen molar-refractivity contribution < 1.29 is 0 Å². The number of hydrogen-bond donors (Lipinski definition) is 1. The zero-order valence-electron chi connectivity index (χ0n) is 12.1. The molecule has 0 aliphatic carbocycles. The van der Waals surface area contributed by atoms with Gasteiger partial charge in [0.05, 0.1) is 0 Å². The first-order valence-corrected chi connectivity index (χ1v) is 7.09. The molecule has 0 bridgehead atoms. The zero-order valence-corrected chi connectivity index (χ0v) is 12.1. The second kappa shape index (κ2) is 10.1. The van der Waals surface area contributed by atoms with E-state index in [9.17, 15) is 0 Å². The summed E-state index contributed by atoms with van der Waals surface area (Å²) in [6.07, 6.45) is 3.96. The van der Waals surface area contributed by atoms with Crippen LogP contribution < -0.4 is 5.32 Å². The summed E-state index contributed by atoms with van der Waals surface area (Å²) in [5.74, 6) is 0.828. The second-order valence-electron chi connectivity index (χ2n) is 5.04. The summed E-state index contributed by atoms with van der Waals surface area (Å²) in [5, 5.41) is 3.61. The molecule has 0 radical (unpaired) electrons. The molecule has 2 nitrogen and oxygen atoms in total. The number of hydrogen-bond acceptors (Lipinski definition) is 2. The minimum Gasteiger partial charge on any atom is -0.314 e. The number of nitrogens with zero attached hydrogens (tertiary/aromatic N) is 1. The molecule has 1 N–H and O–H groups in total. The third-order valence-corrected chi connectivity index (χ3v) is 3.27. The normalized spacial score (nSPS) is 13.7. The van der Waals surface area contributed by atoms with Crippen molar-refractivity contribution in [2.75, 3.05) is 26.2 Å². The molecule has 0 aromatic heterocycles. The van der Waals surface area contributed by atoms with Crippen molar-refractivity contribution in [2.45, 2.75) is 59.9 Å². The Morgan fingerprint density at radius 3 is 2.00 bits per heavy atom. The first kappa shape index (κ1) is 15.9. The highest BCUT2D eigenvalue weighted by atomic mass is 15.1. The van der Waals surface area contributed by atoms with E-state index in [1.54, 1.807) is 0 Å². The molecule has 0 aliphatic heterocycles. The van der Waals surface area contributed by atoms with Crippen molar-refractivity contribution in [3.8, 4) is 0 Å². The molecule has 16 heavy (non-hydrogen) atoms. The first-order chi connectivity index (χ1) is 7.63. The van der Waals surface area contributed by atoms with E-state index in [1.807, 2.05) is 0 Å². The fourth-order valence-electron chi connectivity index (χ4n) is 2.05. The lowest BCUT2D eigenvalue weighted by Gasteiger charge is -2.23. The van der Waals surface area contributed by atoms with Gasteiger partial charge in [-0.05, 0) is 51.4 Å². The number of rotatable bonds is 10. The van der Waals surface area contributed by atoms with Crippen LogP contribution >= 0.6 is 0 Å². The largest absolute Gasteiger partial charge is 0.314 e. The standard InChI is InChI=1S/C14H32N2/c1-6-15-14(10-9-13(4)5)11-12-16(7-2)8-3/h13-15H,6-12H2,1-5H3. The number of nitrogens with one attached hydrogen (secondary N) is 1. The summed E-state index contributed by atoms with van der Waals surface area (Å²) >= 11 is 0. The zero-order chi connectivity index (χ0) is 12.4. The molecular weight excluding hydrogens is 196 g/mol. The lowest BCUT2D eigenvalue weighted by atomic mass is 10.0. The molecule has 0 aromatic carbocycles. The molecule has 98 valence electrons. The van der Waals surface area contributed by atoms with E-state index in [-0.39, 0.29) is 0 Å². The van der Waals surface area contributed by atoms with Crippen LogP contribution in [0.15, 0.2) is 0 Å². The minimum atomic E-state index is 0.716. The van der Waals surface area contributed by atoms with Crippen molar-refractivity contribution in [3.63, 3.8) is 0 Å². The minimum absolute atomic E-state index is 0.716. The molecule has 0 rings (SSSR count). The molecule has 0 aromatic rings. The third kappa shape index (κ3) is 8.12. The van der Waals surface area contributed by atoms with Crippen LogP contribution in [0.5, 0.6) is 0 Å². The lowest BCUT2D eigenvalue weighted by molar-refractivity contribution is 0.274. The third-order valence-electron chi connectivity index (χ3n) is 3.27. The average Bonchev–Trinajstić information content (AvgIpc) is 2.26. The van der Waals surface area contributed by atoms with Crippen LogP contribution in [0.2, 0.25) is 0 Å². The molecule has 1 atom stereocenters. The first-order valence-electron chi connectivity index (χ1n) is 7.09. The quantitative estimate of drug-likeness (QED) is 0.618. The van der Waals surface area contributed by atoms with Crippen LogP contribution in [0.1, 0.15) is 53.9 Å². The summed E-state index contributed by atoms with van der Waals surface area (Å²) < 4.78 is 0. The molecule has 0 fully saturated rings. The Morgan fingerprint density at radius 2 is 1.56 bits per heavy atom. The fraction of sp³-hybridized carbons (Fsp3) is 1.00. The van der Waals surface area contributed by atoms with E-state index >= 15 is 0 Å². The Balaban J connectivity index is 3.82. The lowest BCUT2D eigenvalue weighted by Crippen LogP contribution is -2.34. The van der Waals surface area contributed by atoms with Crippen molar-refractivity contribution >= 4 is 0 Å². The van der Waals surface area contributed by atoms with E-state index in [0.717, 1.165) is 12.5 Å². The Labute approximate surface area is 103 Å². The molecular formula is C14H32N2. The Morgan fingerprint density at radius 1 is 0.938 bits per heavy atom. The molecule has 0 amide bonds. The van der Waals surface area contributed by atoms with Gasteiger partial charge in [0.15, 0.2) is 0 Å². The van der Waals surface area contributed by atoms with Crippen molar-refractivity contribution in [1.29, 1.82) is 0 Å². The van der Waals surface area contributed by atoms with E-state index in [1.165, 1.54) is 38.9 Å². The van der Waals surface area contributed by atoms with Gasteiger partial charge in [-0.15, -0.1) is 0 Å². The molecule has 0 saturated heterocycles. The van der Waals surface area contributed by atoms with Gasteiger partial charge < -0.3 is 10.2 Å². The van der Waals surface area contributed by atoms with Crippen LogP contribution in [0.4, 0.5) is 0 Å². The molecule has 0 aliphatic rings. The molecule has 1 unspecified atom stereocenters. The van der Waals surface area contributed by atoms with Gasteiger partial charge in [0.1, 0.15) is 0 Å². The fourth-order valence-corrected chi connectivity index (χ4v) is 2.05. The van der Waals surface area contributed by atoms with E-state index < -0.39 is 0 Å². The van der Waals surface area contributed by atoms with Gasteiger partial charge in [-0.3, -0.25) is 0 Å². The van der Waals surface area contributed by atoms with Gasteiger partial charge in [0.25, 0.3) is 0 Å². The smallest absolute Gasteiger partial charge is 0.00792 e. The topological polar surface area (TPSA) is 15.3 Å². The van der Waals surface area contributed by atoms with Crippen molar-refractivity contribution in [2.24, 2.45) is 5.92 Å². The summed E-state index contributed by atoms with van der Waals surface area (Å²) in [6, 6.07) is 0.716. The summed E-state index contributed by atoms with van der Waals surface area (Å²) in [4.78, 5) is 2.51. The van der Waals surface area contributed by atoms with Gasteiger partial charge in [0.2, 0.25) is 0 Å². The summed E-state index contributed by atoms with van der Waals surface area (Å²) in [7, 11) is 0. The predicted molar refractivity (Wildman–Crippen MR) is 73.9 cm³/mol. The Bertz CT molecular complexity index is 142. The monoisotopic (exact) mass is 228 g/mol. The average molecular weight is 228 g/mol. The molecule has 0 spiro atoms. The van der Waals surface area contributed by atoms with E-state index in [0.29, 0.717) is 6.04 Å². The van der Waals surface area contributed by atoms with Crippen LogP contribution in [0, 0.1) is 5.92 Å². The van der Waals surface area contributed by atoms with Crippen molar-refractivity contribution in [1.82, 2.24) is 10.2 Å². The maximum absolute atomic E-state index is 3.61. The van der Waals surface area contributed by atoms with Crippen LogP contribution in [0.25, 0.3) is 0 Å². The van der Waals surface area contributed by atoms with E-state index in [4.69, 9.17) is 0 Å². The van der Waals surface area contributed by atoms with Gasteiger partial charge in [-0.1, -0.05) is 34.6 Å². The molecule has 0 saturated carbocycles. The summed E-state index contributed by atoms with van der Waals surface area (Å²) in [5.41, 5.74) is 0. The van der Waals surface area contributed by atoms with Gasteiger partial charge in [-0.25, -0.2) is 0 Å². The molecule has 2 heteroatoms. The van der Waals surface area contributed by atoms with Gasteiger partial charge >= 0.3 is 0 Å². The van der Waals surface area contributed by atoms with Crippen molar-refractivity contribution in [3.05, 3.63) is 0 Å². The summed E-state index contributed by atoms with van der Waals surface area (Å²) in [6.45, 7) is 16.0. The highest BCUT2D eigenvalue weighted by molar-refractivity contribution is 4.69. The Kier molecular flexibility index (Phi) is 10.0. The van der Waals surface area contributed by atoms with E-state index in [2.05, 4.69) is 44.8 Å². The van der Waals surface area contributed by atoms with Gasteiger partial charge in [0, 0.05) is 6.04 Å². The highest BCUT2D eigenvalue weighted by Gasteiger charge is 2.09. The predicted octanol–water partition coefficient (Wildman–Crippen LogP) is 3.13. The maximum Gasteiger partial charge on any atom is 0.00792 e. The van der Waals surface area contributed by atoms with Crippen LogP contribution in [0.3, 0.4) is 0 Å². The Hall–Kier alpha value is -0.0800.